The van der Waals surface area contributed by atoms with Gasteiger partial charge in [-0.2, -0.15) is 0 Å². The predicted molar refractivity (Wildman–Crippen MR) is 161 cm³/mol. The summed E-state index contributed by atoms with van der Waals surface area (Å²) in [5.41, 5.74) is 7.46. The maximum atomic E-state index is 4.82. The largest absolute Gasteiger partial charge is 0.339 e. The lowest BCUT2D eigenvalue weighted by Gasteiger charge is -2.29. The fourth-order valence-electron chi connectivity index (χ4n) is 4.66. The monoisotopic (exact) mass is 529 g/mol. The molecule has 6 rings (SSSR count). The van der Waals surface area contributed by atoms with Gasteiger partial charge < -0.3 is 10.2 Å². The zero-order valence-electron chi connectivity index (χ0n) is 21.8. The summed E-state index contributed by atoms with van der Waals surface area (Å²) in [6.07, 6.45) is 2.03. The van der Waals surface area contributed by atoms with Crippen molar-refractivity contribution in [2.45, 2.75) is 25.9 Å². The lowest BCUT2D eigenvalue weighted by Crippen LogP contribution is -2.25. The SMILES string of the molecule is CC(C)N(c1ccccc1)c1ccc(Nc2nc(-c3ccc([N+]4=CC(c5ccccc5)N=N4)cc3)cs2)cc1. The zero-order valence-corrected chi connectivity index (χ0v) is 22.7. The summed E-state index contributed by atoms with van der Waals surface area (Å²) >= 11 is 1.60. The fourth-order valence-corrected chi connectivity index (χ4v) is 5.40. The van der Waals surface area contributed by atoms with Crippen LogP contribution in [0.3, 0.4) is 0 Å². The van der Waals surface area contributed by atoms with E-state index in [0.29, 0.717) is 6.04 Å². The minimum absolute atomic E-state index is 0.0566. The molecule has 1 unspecified atom stereocenters. The highest BCUT2D eigenvalue weighted by Crippen LogP contribution is 2.32. The highest BCUT2D eigenvalue weighted by atomic mass is 32.1. The maximum Gasteiger partial charge on any atom is 0.248 e. The Morgan fingerprint density at radius 2 is 1.46 bits per heavy atom. The van der Waals surface area contributed by atoms with Crippen LogP contribution in [0.1, 0.15) is 25.5 Å². The number of benzene rings is 4. The Kier molecular flexibility index (Phi) is 6.97. The van der Waals surface area contributed by atoms with E-state index >= 15 is 0 Å². The topological polar surface area (TPSA) is 55.9 Å². The van der Waals surface area contributed by atoms with Crippen LogP contribution < -0.4 is 10.2 Å². The third kappa shape index (κ3) is 5.49. The molecule has 1 aromatic heterocycles. The van der Waals surface area contributed by atoms with E-state index in [4.69, 9.17) is 4.98 Å². The quantitative estimate of drug-likeness (QED) is 0.204. The summed E-state index contributed by atoms with van der Waals surface area (Å²) in [4.78, 5) is 7.15. The van der Waals surface area contributed by atoms with Gasteiger partial charge in [-0.3, -0.25) is 0 Å². The zero-order chi connectivity index (χ0) is 26.6. The van der Waals surface area contributed by atoms with Gasteiger partial charge in [0.05, 0.1) is 5.69 Å². The summed E-state index contributed by atoms with van der Waals surface area (Å²) < 4.78 is 1.83. The van der Waals surface area contributed by atoms with Crippen molar-refractivity contribution in [3.8, 4) is 11.3 Å². The summed E-state index contributed by atoms with van der Waals surface area (Å²) in [6, 6.07) is 37.7. The fraction of sp³-hybridized carbons (Fsp3) is 0.125. The van der Waals surface area contributed by atoms with Crippen LogP contribution in [-0.4, -0.2) is 21.9 Å². The van der Waals surface area contributed by atoms with E-state index < -0.39 is 0 Å². The van der Waals surface area contributed by atoms with Crippen molar-refractivity contribution >= 4 is 45.4 Å². The van der Waals surface area contributed by atoms with E-state index in [0.717, 1.165) is 39.0 Å². The molecule has 7 heteroatoms. The molecular formula is C32H29N6S+. The Balaban J connectivity index is 1.13. The maximum absolute atomic E-state index is 4.82. The molecule has 39 heavy (non-hydrogen) atoms. The van der Waals surface area contributed by atoms with Gasteiger partial charge in [0, 0.05) is 44.7 Å². The average molecular weight is 530 g/mol. The van der Waals surface area contributed by atoms with Crippen LogP contribution in [0.2, 0.25) is 0 Å². The van der Waals surface area contributed by atoms with E-state index in [9.17, 15) is 0 Å². The second-order valence-corrected chi connectivity index (χ2v) is 10.5. The number of hydrogen-bond acceptors (Lipinski definition) is 6. The number of hydrogen-bond donors (Lipinski definition) is 1. The molecular weight excluding hydrogens is 500 g/mol. The van der Waals surface area contributed by atoms with Gasteiger partial charge in [-0.1, -0.05) is 48.5 Å². The van der Waals surface area contributed by atoms with Gasteiger partial charge in [0.15, 0.2) is 17.0 Å². The Bertz CT molecular complexity index is 1590. The molecule has 1 N–H and O–H groups in total. The normalized spacial score (nSPS) is 14.4. The van der Waals surface area contributed by atoms with Crippen molar-refractivity contribution in [3.05, 3.63) is 120 Å². The summed E-state index contributed by atoms with van der Waals surface area (Å²) in [6.45, 7) is 4.41. The van der Waals surface area contributed by atoms with Crippen LogP contribution in [-0.2, 0) is 0 Å². The minimum atomic E-state index is -0.0566. The number of nitrogens with one attached hydrogen (secondary N) is 1. The lowest BCUT2D eigenvalue weighted by molar-refractivity contribution is -0.444. The van der Waals surface area contributed by atoms with Gasteiger partial charge in [0.1, 0.15) is 5.22 Å². The molecule has 0 saturated heterocycles. The van der Waals surface area contributed by atoms with E-state index in [2.05, 4.69) is 125 Å². The second-order valence-electron chi connectivity index (χ2n) is 9.61. The molecule has 1 aliphatic heterocycles. The molecule has 0 fully saturated rings. The van der Waals surface area contributed by atoms with Crippen LogP contribution in [0.15, 0.2) is 125 Å². The number of thiazole rings is 1. The first-order chi connectivity index (χ1) is 19.1. The summed E-state index contributed by atoms with van der Waals surface area (Å²) in [7, 11) is 0. The second kappa shape index (κ2) is 11.0. The van der Waals surface area contributed by atoms with Crippen LogP contribution in [0.5, 0.6) is 0 Å². The molecule has 4 aromatic carbocycles. The van der Waals surface area contributed by atoms with E-state index in [-0.39, 0.29) is 6.04 Å². The van der Waals surface area contributed by atoms with Crippen LogP contribution in [0, 0.1) is 0 Å². The Morgan fingerprint density at radius 3 is 2.15 bits per heavy atom. The third-order valence-corrected chi connectivity index (χ3v) is 7.33. The Hall–Kier alpha value is -4.62. The van der Waals surface area contributed by atoms with Crippen LogP contribution in [0.4, 0.5) is 27.9 Å². The number of anilines is 4. The first-order valence-corrected chi connectivity index (χ1v) is 13.9. The molecule has 1 atom stereocenters. The lowest BCUT2D eigenvalue weighted by atomic mass is 10.1. The molecule has 0 spiro atoms. The van der Waals surface area contributed by atoms with Gasteiger partial charge >= 0.3 is 0 Å². The van der Waals surface area contributed by atoms with Crippen molar-refractivity contribution in [2.75, 3.05) is 10.2 Å². The summed E-state index contributed by atoms with van der Waals surface area (Å²) in [5.74, 6) is 0. The van der Waals surface area contributed by atoms with E-state index in [1.807, 2.05) is 35.2 Å². The van der Waals surface area contributed by atoms with Gasteiger partial charge in [0.25, 0.3) is 0 Å². The molecule has 2 heterocycles. The smallest absolute Gasteiger partial charge is 0.248 e. The first kappa shape index (κ1) is 24.7. The molecule has 0 saturated carbocycles. The van der Waals surface area contributed by atoms with Crippen LogP contribution >= 0.6 is 11.3 Å². The molecule has 1 aliphatic rings. The molecule has 0 amide bonds. The molecule has 0 aliphatic carbocycles. The van der Waals surface area contributed by atoms with Gasteiger partial charge in [-0.15, -0.1) is 16.0 Å². The first-order valence-electron chi connectivity index (χ1n) is 13.0. The molecule has 5 aromatic rings. The van der Waals surface area contributed by atoms with Gasteiger partial charge in [0.2, 0.25) is 6.04 Å². The predicted octanol–water partition coefficient (Wildman–Crippen LogP) is 8.94. The number of rotatable bonds is 8. The molecule has 0 radical (unpaired) electrons. The molecule has 0 bridgehead atoms. The highest BCUT2D eigenvalue weighted by Gasteiger charge is 2.24. The standard InChI is InChI=1S/C32H29N6S/c1-23(2)38(28-11-7-4-8-12-28)29-19-15-26(16-20-29)33-32-34-31(22-39-32)25-13-17-27(18-14-25)37-21-30(35-36-37)24-9-5-3-6-10-24/h3-23,30H,1-2H3,(H,33,34)/q+1. The Labute approximate surface area is 232 Å². The molecule has 192 valence electrons. The van der Waals surface area contributed by atoms with E-state index in [1.165, 1.54) is 5.69 Å². The highest BCUT2D eigenvalue weighted by molar-refractivity contribution is 7.14. The Morgan fingerprint density at radius 1 is 0.795 bits per heavy atom. The van der Waals surface area contributed by atoms with Crippen LogP contribution in [0.25, 0.3) is 11.3 Å². The van der Waals surface area contributed by atoms with Gasteiger partial charge in [-0.25, -0.2) is 4.98 Å². The van der Waals surface area contributed by atoms with Crippen molar-refractivity contribution in [2.24, 2.45) is 10.3 Å². The van der Waals surface area contributed by atoms with Crippen molar-refractivity contribution < 1.29 is 4.68 Å². The third-order valence-electron chi connectivity index (χ3n) is 6.58. The number of aromatic nitrogens is 1. The number of nitrogens with zero attached hydrogens (tertiary/aromatic N) is 5. The van der Waals surface area contributed by atoms with Crippen molar-refractivity contribution in [1.29, 1.82) is 0 Å². The van der Waals surface area contributed by atoms with Crippen molar-refractivity contribution in [3.63, 3.8) is 0 Å². The van der Waals surface area contributed by atoms with Gasteiger partial charge in [-0.05, 0) is 74.5 Å². The van der Waals surface area contributed by atoms with Crippen molar-refractivity contribution in [1.82, 2.24) is 4.98 Å². The van der Waals surface area contributed by atoms with E-state index in [1.54, 1.807) is 11.3 Å². The minimum Gasteiger partial charge on any atom is -0.339 e. The number of para-hydroxylation sites is 1. The molecule has 6 nitrogen and oxygen atoms in total. The summed E-state index contributed by atoms with van der Waals surface area (Å²) in [5, 5.41) is 15.1. The average Bonchev–Trinajstić information content (AvgIpc) is 3.66.